The van der Waals surface area contributed by atoms with Crippen molar-refractivity contribution < 1.29 is 23.9 Å². The molecule has 0 spiro atoms. The predicted octanol–water partition coefficient (Wildman–Crippen LogP) is 2.01. The summed E-state index contributed by atoms with van der Waals surface area (Å²) in [4.78, 5) is 35.9. The van der Waals surface area contributed by atoms with Crippen molar-refractivity contribution in [3.63, 3.8) is 0 Å². The number of benzene rings is 1. The Balaban J connectivity index is 3.06. The van der Waals surface area contributed by atoms with E-state index in [9.17, 15) is 14.4 Å². The number of nitrogens with one attached hydrogen (secondary N) is 1. The van der Waals surface area contributed by atoms with Gasteiger partial charge in [0.2, 0.25) is 0 Å². The molecule has 6 nitrogen and oxygen atoms in total. The summed E-state index contributed by atoms with van der Waals surface area (Å²) in [5, 5.41) is 2.75. The highest BCUT2D eigenvalue weighted by Crippen LogP contribution is 2.28. The zero-order valence-corrected chi connectivity index (χ0v) is 14.4. The Hall–Kier alpha value is -2.37. The highest BCUT2D eigenvalue weighted by molar-refractivity contribution is 6.03. The predicted molar refractivity (Wildman–Crippen MR) is 85.9 cm³/mol. The van der Waals surface area contributed by atoms with Crippen molar-refractivity contribution in [1.29, 1.82) is 0 Å². The van der Waals surface area contributed by atoms with Gasteiger partial charge in [-0.1, -0.05) is 0 Å². The Bertz CT molecular complexity index is 607. The quantitative estimate of drug-likeness (QED) is 0.777. The van der Waals surface area contributed by atoms with Crippen LogP contribution in [0.5, 0.6) is 11.5 Å². The molecule has 126 valence electrons. The molecule has 0 aliphatic heterocycles. The average Bonchev–Trinajstić information content (AvgIpc) is 2.44. The molecule has 1 aromatic carbocycles. The van der Waals surface area contributed by atoms with Crippen molar-refractivity contribution in [2.45, 2.75) is 33.2 Å². The third-order valence-corrected chi connectivity index (χ3v) is 3.62. The van der Waals surface area contributed by atoms with Gasteiger partial charge < -0.3 is 14.8 Å². The molecule has 0 heterocycles. The van der Waals surface area contributed by atoms with Crippen molar-refractivity contribution >= 4 is 17.5 Å². The van der Waals surface area contributed by atoms with E-state index in [1.54, 1.807) is 32.0 Å². The van der Waals surface area contributed by atoms with E-state index < -0.39 is 17.4 Å². The van der Waals surface area contributed by atoms with Gasteiger partial charge in [-0.15, -0.1) is 0 Å². The fourth-order valence-electron chi connectivity index (χ4n) is 2.72. The molecule has 0 aromatic heterocycles. The van der Waals surface area contributed by atoms with Gasteiger partial charge in [-0.3, -0.25) is 14.4 Å². The van der Waals surface area contributed by atoms with E-state index in [0.29, 0.717) is 17.1 Å². The van der Waals surface area contributed by atoms with Gasteiger partial charge in [0, 0.05) is 5.56 Å². The van der Waals surface area contributed by atoms with Crippen molar-refractivity contribution in [2.75, 3.05) is 14.2 Å². The number of methoxy groups -OCH3 is 2. The molecular weight excluding hydrogens is 298 g/mol. The SMILES string of the molecule is COc1ccc(C(=O)NC(C)(C)C(C(C)=O)C(C)=O)cc1OC. The average molecular weight is 321 g/mol. The van der Waals surface area contributed by atoms with Gasteiger partial charge in [-0.2, -0.15) is 0 Å². The Morgan fingerprint density at radius 2 is 1.52 bits per heavy atom. The van der Waals surface area contributed by atoms with Crippen LogP contribution in [0.25, 0.3) is 0 Å². The van der Waals surface area contributed by atoms with Crippen LogP contribution in [0.4, 0.5) is 0 Å². The number of carbonyl (C=O) groups is 3. The number of rotatable bonds is 7. The molecule has 6 heteroatoms. The highest BCUT2D eigenvalue weighted by atomic mass is 16.5. The van der Waals surface area contributed by atoms with E-state index in [0.717, 1.165) is 0 Å². The molecule has 1 aromatic rings. The van der Waals surface area contributed by atoms with Gasteiger partial charge in [0.25, 0.3) is 5.91 Å². The van der Waals surface area contributed by atoms with Crippen LogP contribution >= 0.6 is 0 Å². The molecule has 23 heavy (non-hydrogen) atoms. The molecule has 0 bridgehead atoms. The molecule has 0 saturated heterocycles. The number of hydrogen-bond donors (Lipinski definition) is 1. The Kier molecular flexibility index (Phi) is 5.90. The zero-order valence-electron chi connectivity index (χ0n) is 14.4. The Labute approximate surface area is 136 Å². The van der Waals surface area contributed by atoms with Crippen molar-refractivity contribution in [1.82, 2.24) is 5.32 Å². The summed E-state index contributed by atoms with van der Waals surface area (Å²) in [7, 11) is 2.98. The first-order valence-electron chi connectivity index (χ1n) is 7.19. The number of ether oxygens (including phenoxy) is 2. The summed E-state index contributed by atoms with van der Waals surface area (Å²) in [6.07, 6.45) is 0. The molecule has 1 amide bonds. The zero-order chi connectivity index (χ0) is 17.8. The normalized spacial score (nSPS) is 11.1. The van der Waals surface area contributed by atoms with E-state index in [4.69, 9.17) is 9.47 Å². The largest absolute Gasteiger partial charge is 0.493 e. The van der Waals surface area contributed by atoms with Crippen LogP contribution in [0.1, 0.15) is 38.1 Å². The molecular formula is C17H23NO5. The number of hydrogen-bond acceptors (Lipinski definition) is 5. The molecule has 0 saturated carbocycles. The van der Waals surface area contributed by atoms with Crippen LogP contribution in [0.2, 0.25) is 0 Å². The first-order chi connectivity index (χ1) is 10.6. The van der Waals surface area contributed by atoms with Gasteiger partial charge in [0.1, 0.15) is 11.6 Å². The van der Waals surface area contributed by atoms with Gasteiger partial charge in [0.05, 0.1) is 25.7 Å². The Morgan fingerprint density at radius 1 is 1.00 bits per heavy atom. The highest BCUT2D eigenvalue weighted by Gasteiger charge is 2.38. The molecule has 0 fully saturated rings. The van der Waals surface area contributed by atoms with E-state index in [2.05, 4.69) is 5.32 Å². The fourth-order valence-corrected chi connectivity index (χ4v) is 2.72. The van der Waals surface area contributed by atoms with Gasteiger partial charge in [-0.25, -0.2) is 0 Å². The van der Waals surface area contributed by atoms with Crippen LogP contribution in [0, 0.1) is 5.92 Å². The van der Waals surface area contributed by atoms with Gasteiger partial charge in [0.15, 0.2) is 11.5 Å². The summed E-state index contributed by atoms with van der Waals surface area (Å²) in [5.74, 6) is -0.929. The second-order valence-corrected chi connectivity index (χ2v) is 5.90. The van der Waals surface area contributed by atoms with Crippen LogP contribution in [0.3, 0.4) is 0 Å². The summed E-state index contributed by atoms with van der Waals surface area (Å²) in [6.45, 7) is 5.99. The van der Waals surface area contributed by atoms with E-state index in [1.807, 2.05) is 0 Å². The van der Waals surface area contributed by atoms with E-state index >= 15 is 0 Å². The Morgan fingerprint density at radius 3 is 1.96 bits per heavy atom. The van der Waals surface area contributed by atoms with Crippen molar-refractivity contribution in [3.05, 3.63) is 23.8 Å². The number of amides is 1. The summed E-state index contributed by atoms with van der Waals surface area (Å²) >= 11 is 0. The first-order valence-corrected chi connectivity index (χ1v) is 7.19. The molecule has 0 unspecified atom stereocenters. The van der Waals surface area contributed by atoms with E-state index in [-0.39, 0.29) is 11.6 Å². The summed E-state index contributed by atoms with van der Waals surface area (Å²) < 4.78 is 10.3. The lowest BCUT2D eigenvalue weighted by atomic mass is 9.81. The first kappa shape index (κ1) is 18.7. The van der Waals surface area contributed by atoms with Gasteiger partial charge >= 0.3 is 0 Å². The third-order valence-electron chi connectivity index (χ3n) is 3.62. The maximum atomic E-state index is 12.4. The standard InChI is InChI=1S/C17H23NO5/c1-10(19)15(11(2)20)17(3,4)18-16(21)12-7-8-13(22-5)14(9-12)23-6/h7-9,15H,1-6H3,(H,18,21). The fraction of sp³-hybridized carbons (Fsp3) is 0.471. The summed E-state index contributed by atoms with van der Waals surface area (Å²) in [6, 6.07) is 4.75. The second kappa shape index (κ2) is 7.26. The van der Waals surface area contributed by atoms with Crippen LogP contribution in [0.15, 0.2) is 18.2 Å². The van der Waals surface area contributed by atoms with Crippen LogP contribution < -0.4 is 14.8 Å². The molecule has 1 N–H and O–H groups in total. The molecule has 0 atom stereocenters. The lowest BCUT2D eigenvalue weighted by Gasteiger charge is -2.32. The maximum Gasteiger partial charge on any atom is 0.251 e. The number of Topliss-reactive ketones (excluding diaryl/α,β-unsaturated/α-hetero) is 2. The minimum atomic E-state index is -0.998. The summed E-state index contributed by atoms with van der Waals surface area (Å²) in [5.41, 5.74) is -0.649. The minimum Gasteiger partial charge on any atom is -0.493 e. The van der Waals surface area contributed by atoms with Crippen LogP contribution in [-0.4, -0.2) is 37.2 Å². The smallest absolute Gasteiger partial charge is 0.251 e. The lowest BCUT2D eigenvalue weighted by molar-refractivity contribution is -0.133. The monoisotopic (exact) mass is 321 g/mol. The maximum absolute atomic E-state index is 12.4. The van der Waals surface area contributed by atoms with Crippen molar-refractivity contribution in [2.24, 2.45) is 5.92 Å². The molecule has 1 rings (SSSR count). The van der Waals surface area contributed by atoms with Gasteiger partial charge in [-0.05, 0) is 45.9 Å². The lowest BCUT2D eigenvalue weighted by Crippen LogP contribution is -2.53. The third kappa shape index (κ3) is 4.31. The van der Waals surface area contributed by atoms with E-state index in [1.165, 1.54) is 28.1 Å². The molecule has 0 radical (unpaired) electrons. The molecule has 0 aliphatic carbocycles. The minimum absolute atomic E-state index is 0.282. The van der Waals surface area contributed by atoms with Crippen LogP contribution in [-0.2, 0) is 9.59 Å². The van der Waals surface area contributed by atoms with Crippen molar-refractivity contribution in [3.8, 4) is 11.5 Å². The second-order valence-electron chi connectivity index (χ2n) is 5.90. The topological polar surface area (TPSA) is 81.7 Å². The molecule has 0 aliphatic rings. The number of carbonyl (C=O) groups excluding carboxylic acids is 3. The number of ketones is 2.